The van der Waals surface area contributed by atoms with Gasteiger partial charge < -0.3 is 0 Å². The van der Waals surface area contributed by atoms with E-state index in [4.69, 9.17) is 28.0 Å². The summed E-state index contributed by atoms with van der Waals surface area (Å²) in [5.41, 5.74) is 2.64. The third-order valence-corrected chi connectivity index (χ3v) is 1.32. The van der Waals surface area contributed by atoms with Crippen LogP contribution in [0.1, 0.15) is 13.8 Å². The largest absolute Gasteiger partial charge is 0.246 e. The van der Waals surface area contributed by atoms with Crippen LogP contribution in [0.2, 0.25) is 0 Å². The number of allylic oxidation sites excluding steroid dienone is 1. The second kappa shape index (κ2) is 3.98. The molecule has 0 saturated heterocycles. The monoisotopic (exact) mass is 209 g/mol. The maximum Gasteiger partial charge on any atom is 0.156 e. The van der Waals surface area contributed by atoms with Gasteiger partial charge in [0.2, 0.25) is 0 Å². The molecule has 0 radical (unpaired) electrons. The van der Waals surface area contributed by atoms with E-state index < -0.39 is 0 Å². The van der Waals surface area contributed by atoms with Crippen LogP contribution in [0.5, 0.6) is 0 Å². The van der Waals surface area contributed by atoms with Gasteiger partial charge >= 0.3 is 0 Å². The number of hydrazone groups is 1. The standard InChI is InChI=1S/C6H9Cl2N3O/c1-4(2)12-11-9-5(7)3-6(8)10-11/h3-4,9H,1-2H3. The van der Waals surface area contributed by atoms with Crippen molar-refractivity contribution in [1.82, 2.24) is 10.7 Å². The lowest BCUT2D eigenvalue weighted by Crippen LogP contribution is -2.36. The molecular formula is C6H9Cl2N3O. The lowest BCUT2D eigenvalue weighted by atomic mass is 10.5. The highest BCUT2D eigenvalue weighted by atomic mass is 35.5. The molecule has 1 rings (SSSR count). The minimum absolute atomic E-state index is 0.00767. The Bertz CT molecular complexity index is 227. The molecule has 0 unspecified atom stereocenters. The number of rotatable bonds is 2. The predicted molar refractivity (Wildman–Crippen MR) is 48.4 cm³/mol. The molecule has 0 fully saturated rings. The molecule has 1 aliphatic rings. The molecule has 0 aromatic carbocycles. The predicted octanol–water partition coefficient (Wildman–Crippen LogP) is 1.78. The van der Waals surface area contributed by atoms with Crippen molar-refractivity contribution in [3.05, 3.63) is 11.2 Å². The molecule has 1 heterocycles. The van der Waals surface area contributed by atoms with Gasteiger partial charge in [0.1, 0.15) is 5.16 Å². The van der Waals surface area contributed by atoms with Gasteiger partial charge in [-0.3, -0.25) is 0 Å². The highest BCUT2D eigenvalue weighted by Crippen LogP contribution is 2.09. The van der Waals surface area contributed by atoms with Crippen molar-refractivity contribution in [3.8, 4) is 0 Å². The van der Waals surface area contributed by atoms with E-state index in [1.807, 2.05) is 13.8 Å². The first-order chi connectivity index (χ1) is 5.58. The van der Waals surface area contributed by atoms with Crippen LogP contribution in [0.4, 0.5) is 0 Å². The Morgan fingerprint density at radius 2 is 2.25 bits per heavy atom. The molecule has 0 amide bonds. The van der Waals surface area contributed by atoms with E-state index in [0.717, 1.165) is 5.28 Å². The van der Waals surface area contributed by atoms with Crippen molar-refractivity contribution in [3.63, 3.8) is 0 Å². The van der Waals surface area contributed by atoms with Gasteiger partial charge in [0.25, 0.3) is 0 Å². The van der Waals surface area contributed by atoms with Crippen molar-refractivity contribution in [2.75, 3.05) is 0 Å². The van der Waals surface area contributed by atoms with Gasteiger partial charge in [-0.15, -0.1) is 5.10 Å². The van der Waals surface area contributed by atoms with Crippen LogP contribution in [-0.4, -0.2) is 16.6 Å². The fourth-order valence-corrected chi connectivity index (χ4v) is 1.03. The van der Waals surface area contributed by atoms with Crippen LogP contribution in [0.25, 0.3) is 0 Å². The Balaban J connectivity index is 2.55. The minimum Gasteiger partial charge on any atom is -0.246 e. The van der Waals surface area contributed by atoms with Crippen LogP contribution >= 0.6 is 23.2 Å². The molecular weight excluding hydrogens is 201 g/mol. The Morgan fingerprint density at radius 3 is 2.75 bits per heavy atom. The normalized spacial score (nSPS) is 17.2. The molecule has 1 N–H and O–H groups in total. The number of hydrogen-bond donors (Lipinski definition) is 1. The maximum absolute atomic E-state index is 5.65. The molecule has 0 aromatic heterocycles. The maximum atomic E-state index is 5.65. The van der Waals surface area contributed by atoms with Gasteiger partial charge in [0.05, 0.1) is 6.10 Å². The van der Waals surface area contributed by atoms with Gasteiger partial charge in [-0.05, 0) is 13.8 Å². The van der Waals surface area contributed by atoms with Gasteiger partial charge in [0, 0.05) is 6.08 Å². The van der Waals surface area contributed by atoms with Crippen molar-refractivity contribution in [2.24, 2.45) is 5.10 Å². The van der Waals surface area contributed by atoms with Crippen molar-refractivity contribution in [1.29, 1.82) is 0 Å². The molecule has 0 aromatic rings. The highest BCUT2D eigenvalue weighted by Gasteiger charge is 2.11. The lowest BCUT2D eigenvalue weighted by Gasteiger charge is -2.23. The summed E-state index contributed by atoms with van der Waals surface area (Å²) in [5.74, 6) is 0. The molecule has 0 bridgehead atoms. The van der Waals surface area contributed by atoms with E-state index in [0.29, 0.717) is 5.16 Å². The number of hydrazine groups is 1. The summed E-state index contributed by atoms with van der Waals surface area (Å²) < 4.78 is 0. The quantitative estimate of drug-likeness (QED) is 0.705. The third kappa shape index (κ3) is 2.89. The highest BCUT2D eigenvalue weighted by molar-refractivity contribution is 6.69. The fourth-order valence-electron chi connectivity index (χ4n) is 0.618. The van der Waals surface area contributed by atoms with Gasteiger partial charge in [-0.25, -0.2) is 10.3 Å². The Kier molecular flexibility index (Phi) is 3.20. The minimum atomic E-state index is 0.00767. The van der Waals surface area contributed by atoms with Crippen LogP contribution in [-0.2, 0) is 4.84 Å². The first kappa shape index (κ1) is 9.64. The summed E-state index contributed by atoms with van der Waals surface area (Å²) in [6.07, 6.45) is 1.50. The lowest BCUT2D eigenvalue weighted by molar-refractivity contribution is -0.214. The summed E-state index contributed by atoms with van der Waals surface area (Å²) in [6, 6.07) is 0. The summed E-state index contributed by atoms with van der Waals surface area (Å²) in [7, 11) is 0. The summed E-state index contributed by atoms with van der Waals surface area (Å²) >= 11 is 11.3. The summed E-state index contributed by atoms with van der Waals surface area (Å²) in [6.45, 7) is 3.74. The second-order valence-corrected chi connectivity index (χ2v) is 3.25. The van der Waals surface area contributed by atoms with Crippen LogP contribution in [0.15, 0.2) is 16.3 Å². The van der Waals surface area contributed by atoms with Gasteiger partial charge in [-0.1, -0.05) is 28.5 Å². The first-order valence-electron chi connectivity index (χ1n) is 3.43. The zero-order valence-corrected chi connectivity index (χ0v) is 8.23. The Labute approximate surface area is 80.7 Å². The SMILES string of the molecule is CC(C)ON1N=C(Cl)C=C(Cl)N1. The van der Waals surface area contributed by atoms with Gasteiger partial charge in [-0.2, -0.15) is 0 Å². The zero-order valence-electron chi connectivity index (χ0n) is 6.71. The Hall–Kier alpha value is -0.450. The number of nitrogens with one attached hydrogen (secondary N) is 1. The summed E-state index contributed by atoms with van der Waals surface area (Å²) in [5, 5.41) is 5.58. The average molecular weight is 210 g/mol. The van der Waals surface area contributed by atoms with Crippen LogP contribution < -0.4 is 5.43 Å². The third-order valence-electron chi connectivity index (χ3n) is 0.945. The fraction of sp³-hybridized carbons (Fsp3) is 0.500. The topological polar surface area (TPSA) is 36.9 Å². The zero-order chi connectivity index (χ0) is 9.14. The van der Waals surface area contributed by atoms with E-state index in [2.05, 4.69) is 10.5 Å². The van der Waals surface area contributed by atoms with Crippen LogP contribution in [0, 0.1) is 0 Å². The van der Waals surface area contributed by atoms with Gasteiger partial charge in [0.15, 0.2) is 5.17 Å². The number of hydrogen-bond acceptors (Lipinski definition) is 4. The first-order valence-corrected chi connectivity index (χ1v) is 4.18. The van der Waals surface area contributed by atoms with E-state index >= 15 is 0 Å². The van der Waals surface area contributed by atoms with E-state index in [-0.39, 0.29) is 11.3 Å². The van der Waals surface area contributed by atoms with Crippen LogP contribution in [0.3, 0.4) is 0 Å². The molecule has 12 heavy (non-hydrogen) atoms. The molecule has 0 aliphatic carbocycles. The number of nitrogens with zero attached hydrogens (tertiary/aromatic N) is 2. The molecule has 1 aliphatic heterocycles. The average Bonchev–Trinajstić information content (AvgIpc) is 1.81. The van der Waals surface area contributed by atoms with E-state index in [9.17, 15) is 0 Å². The number of halogens is 2. The molecule has 68 valence electrons. The van der Waals surface area contributed by atoms with E-state index in [1.54, 1.807) is 0 Å². The molecule has 0 spiro atoms. The molecule has 0 saturated carbocycles. The van der Waals surface area contributed by atoms with Crippen molar-refractivity contribution >= 4 is 28.4 Å². The smallest absolute Gasteiger partial charge is 0.156 e. The molecule has 6 heteroatoms. The Morgan fingerprint density at radius 1 is 1.58 bits per heavy atom. The molecule has 0 atom stereocenters. The summed E-state index contributed by atoms with van der Waals surface area (Å²) in [4.78, 5) is 5.16. The van der Waals surface area contributed by atoms with Crippen molar-refractivity contribution < 1.29 is 4.84 Å². The molecule has 4 nitrogen and oxygen atoms in total. The van der Waals surface area contributed by atoms with E-state index in [1.165, 1.54) is 6.08 Å². The van der Waals surface area contributed by atoms with Crippen molar-refractivity contribution in [2.45, 2.75) is 20.0 Å². The second-order valence-electron chi connectivity index (χ2n) is 2.45.